The average Bonchev–Trinajstić information content (AvgIpc) is 3.10. The lowest BCUT2D eigenvalue weighted by molar-refractivity contribution is -0.133. The van der Waals surface area contributed by atoms with Crippen LogP contribution in [0.5, 0.6) is 0 Å². The van der Waals surface area contributed by atoms with Crippen molar-refractivity contribution in [1.29, 1.82) is 0 Å². The maximum atomic E-state index is 12.6. The molecule has 2 aromatic carbocycles. The number of hydrogen-bond donors (Lipinski definition) is 2. The van der Waals surface area contributed by atoms with E-state index in [1.165, 1.54) is 0 Å². The smallest absolute Gasteiger partial charge is 0.261 e. The lowest BCUT2D eigenvalue weighted by Gasteiger charge is -2.19. The summed E-state index contributed by atoms with van der Waals surface area (Å²) in [6.07, 6.45) is -0.366. The highest BCUT2D eigenvalue weighted by atomic mass is 16.3. The summed E-state index contributed by atoms with van der Waals surface area (Å²) in [6, 6.07) is 14.2. The number of anilines is 1. The maximum absolute atomic E-state index is 12.6. The van der Waals surface area contributed by atoms with Gasteiger partial charge in [0.25, 0.3) is 5.91 Å². The van der Waals surface area contributed by atoms with Crippen LogP contribution in [-0.4, -0.2) is 16.8 Å². The maximum Gasteiger partial charge on any atom is 0.261 e. The third kappa shape index (κ3) is 2.06. The van der Waals surface area contributed by atoms with Crippen LogP contribution in [0.4, 0.5) is 5.69 Å². The van der Waals surface area contributed by atoms with Crippen molar-refractivity contribution in [3.63, 3.8) is 0 Å². The second-order valence-corrected chi connectivity index (χ2v) is 6.06. The number of furan rings is 1. The Morgan fingerprint density at radius 1 is 1.21 bits per heavy atom. The molecule has 4 rings (SSSR count). The number of para-hydroxylation sites is 2. The zero-order valence-corrected chi connectivity index (χ0v) is 13.0. The van der Waals surface area contributed by atoms with E-state index in [0.29, 0.717) is 16.8 Å². The van der Waals surface area contributed by atoms with Gasteiger partial charge in [-0.15, -0.1) is 0 Å². The molecule has 0 unspecified atom stereocenters. The van der Waals surface area contributed by atoms with Crippen molar-refractivity contribution in [1.82, 2.24) is 0 Å². The molecule has 1 aliphatic rings. The molecule has 2 N–H and O–H groups in total. The number of ketones is 1. The second kappa shape index (κ2) is 5.04. The fraction of sp³-hybridized carbons (Fsp3) is 0.158. The van der Waals surface area contributed by atoms with E-state index in [4.69, 9.17) is 4.42 Å². The van der Waals surface area contributed by atoms with Crippen molar-refractivity contribution in [2.45, 2.75) is 18.9 Å². The summed E-state index contributed by atoms with van der Waals surface area (Å²) in [5.74, 6) is -0.868. The molecule has 0 spiro atoms. The van der Waals surface area contributed by atoms with Crippen molar-refractivity contribution in [2.24, 2.45) is 0 Å². The minimum atomic E-state index is -1.88. The minimum absolute atomic E-state index is 0.138. The van der Waals surface area contributed by atoms with Crippen LogP contribution in [-0.2, 0) is 10.4 Å². The number of amides is 1. The van der Waals surface area contributed by atoms with Gasteiger partial charge in [-0.1, -0.05) is 36.4 Å². The number of nitrogens with one attached hydrogen (secondary N) is 1. The Hall–Kier alpha value is -2.92. The van der Waals surface area contributed by atoms with Crippen LogP contribution in [0.1, 0.15) is 28.1 Å². The number of hydrogen-bond acceptors (Lipinski definition) is 4. The van der Waals surface area contributed by atoms with Crippen LogP contribution in [0.25, 0.3) is 11.0 Å². The number of aliphatic hydroxyl groups is 1. The van der Waals surface area contributed by atoms with Gasteiger partial charge in [-0.3, -0.25) is 9.59 Å². The Morgan fingerprint density at radius 2 is 2.00 bits per heavy atom. The SMILES string of the molecule is Cc1cccc2c1NC(=O)[C@]2(O)CC(=O)c1cc2ccccc2o1. The fourth-order valence-corrected chi connectivity index (χ4v) is 3.13. The number of rotatable bonds is 3. The van der Waals surface area contributed by atoms with Crippen LogP contribution in [0.3, 0.4) is 0 Å². The Bertz CT molecular complexity index is 955. The first-order valence-corrected chi connectivity index (χ1v) is 7.65. The van der Waals surface area contributed by atoms with E-state index in [0.717, 1.165) is 10.9 Å². The molecule has 1 atom stereocenters. The normalized spacial score (nSPS) is 19.3. The summed E-state index contributed by atoms with van der Waals surface area (Å²) >= 11 is 0. The van der Waals surface area contributed by atoms with Gasteiger partial charge in [-0.25, -0.2) is 0 Å². The first-order valence-electron chi connectivity index (χ1n) is 7.65. The number of Topliss-reactive ketones (excluding diaryl/α,β-unsaturated/α-hetero) is 1. The molecule has 120 valence electrons. The van der Waals surface area contributed by atoms with E-state index in [1.54, 1.807) is 24.3 Å². The molecule has 5 heteroatoms. The number of benzene rings is 2. The molecule has 3 aromatic rings. The van der Waals surface area contributed by atoms with Crippen LogP contribution in [0.2, 0.25) is 0 Å². The van der Waals surface area contributed by atoms with Gasteiger partial charge in [0.2, 0.25) is 5.78 Å². The van der Waals surface area contributed by atoms with Crippen molar-refractivity contribution in [3.05, 3.63) is 65.4 Å². The van der Waals surface area contributed by atoms with Crippen LogP contribution < -0.4 is 5.32 Å². The first-order chi connectivity index (χ1) is 11.5. The van der Waals surface area contributed by atoms with Crippen LogP contribution >= 0.6 is 0 Å². The van der Waals surface area contributed by atoms with Gasteiger partial charge in [0.05, 0.1) is 12.1 Å². The minimum Gasteiger partial charge on any atom is -0.453 e. The zero-order chi connectivity index (χ0) is 16.9. The zero-order valence-electron chi connectivity index (χ0n) is 13.0. The van der Waals surface area contributed by atoms with Gasteiger partial charge >= 0.3 is 0 Å². The van der Waals surface area contributed by atoms with Gasteiger partial charge in [-0.05, 0) is 24.6 Å². The number of aryl methyl sites for hydroxylation is 1. The quantitative estimate of drug-likeness (QED) is 0.726. The largest absolute Gasteiger partial charge is 0.453 e. The standard InChI is InChI=1S/C19H15NO4/c1-11-5-4-7-13-17(11)20-18(22)19(13,23)10-14(21)16-9-12-6-2-3-8-15(12)24-16/h2-9,23H,10H2,1H3,(H,20,22)/t19-/m0/s1. The first kappa shape index (κ1) is 14.7. The summed E-state index contributed by atoms with van der Waals surface area (Å²) in [5.41, 5.74) is 0.560. The third-order valence-corrected chi connectivity index (χ3v) is 4.45. The Balaban J connectivity index is 1.71. The summed E-state index contributed by atoms with van der Waals surface area (Å²) < 4.78 is 5.54. The Labute approximate surface area is 137 Å². The van der Waals surface area contributed by atoms with E-state index in [9.17, 15) is 14.7 Å². The lowest BCUT2D eigenvalue weighted by atomic mass is 9.88. The van der Waals surface area contributed by atoms with E-state index in [-0.39, 0.29) is 12.2 Å². The molecule has 0 bridgehead atoms. The second-order valence-electron chi connectivity index (χ2n) is 6.06. The molecule has 0 saturated carbocycles. The molecule has 2 heterocycles. The summed E-state index contributed by atoms with van der Waals surface area (Å²) in [5, 5.41) is 14.3. The molecule has 0 radical (unpaired) electrons. The Morgan fingerprint density at radius 3 is 2.79 bits per heavy atom. The molecule has 1 aromatic heterocycles. The highest BCUT2D eigenvalue weighted by Gasteiger charge is 2.47. The number of carbonyl (C=O) groups excluding carboxylic acids is 2. The van der Waals surface area contributed by atoms with Gasteiger partial charge < -0.3 is 14.8 Å². The van der Waals surface area contributed by atoms with Gasteiger partial charge in [0.15, 0.2) is 11.4 Å². The Kier molecular flexibility index (Phi) is 3.08. The third-order valence-electron chi connectivity index (χ3n) is 4.45. The summed E-state index contributed by atoms with van der Waals surface area (Å²) in [4.78, 5) is 24.9. The van der Waals surface area contributed by atoms with Crippen molar-refractivity contribution in [3.8, 4) is 0 Å². The molecular formula is C19H15NO4. The fourth-order valence-electron chi connectivity index (χ4n) is 3.13. The van der Waals surface area contributed by atoms with Gasteiger partial charge in [0, 0.05) is 10.9 Å². The number of fused-ring (bicyclic) bond motifs is 2. The van der Waals surface area contributed by atoms with E-state index >= 15 is 0 Å². The molecule has 1 amide bonds. The predicted molar refractivity (Wildman–Crippen MR) is 88.9 cm³/mol. The molecule has 1 aliphatic heterocycles. The van der Waals surface area contributed by atoms with Crippen LogP contribution in [0.15, 0.2) is 52.9 Å². The van der Waals surface area contributed by atoms with Crippen LogP contribution in [0, 0.1) is 6.92 Å². The monoisotopic (exact) mass is 321 g/mol. The number of carbonyl (C=O) groups is 2. The van der Waals surface area contributed by atoms with E-state index < -0.39 is 17.3 Å². The molecule has 0 aliphatic carbocycles. The molecule has 0 fully saturated rings. The van der Waals surface area contributed by atoms with E-state index in [2.05, 4.69) is 5.32 Å². The molecule has 24 heavy (non-hydrogen) atoms. The molecule has 5 nitrogen and oxygen atoms in total. The van der Waals surface area contributed by atoms with Gasteiger partial charge in [-0.2, -0.15) is 0 Å². The van der Waals surface area contributed by atoms with Crippen molar-refractivity contribution >= 4 is 28.3 Å². The summed E-state index contributed by atoms with van der Waals surface area (Å²) in [6.45, 7) is 1.84. The average molecular weight is 321 g/mol. The van der Waals surface area contributed by atoms with E-state index in [1.807, 2.05) is 31.2 Å². The van der Waals surface area contributed by atoms with Gasteiger partial charge in [0.1, 0.15) is 5.58 Å². The highest BCUT2D eigenvalue weighted by molar-refractivity contribution is 6.09. The predicted octanol–water partition coefficient (Wildman–Crippen LogP) is 3.15. The lowest BCUT2D eigenvalue weighted by Crippen LogP contribution is -2.36. The van der Waals surface area contributed by atoms with Crippen molar-refractivity contribution in [2.75, 3.05) is 5.32 Å². The highest BCUT2D eigenvalue weighted by Crippen LogP contribution is 2.40. The summed E-state index contributed by atoms with van der Waals surface area (Å²) in [7, 11) is 0. The molecule has 0 saturated heterocycles. The topological polar surface area (TPSA) is 79.5 Å². The van der Waals surface area contributed by atoms with Crippen molar-refractivity contribution < 1.29 is 19.1 Å². The molecular weight excluding hydrogens is 306 g/mol.